The van der Waals surface area contributed by atoms with Crippen molar-refractivity contribution in [2.45, 2.75) is 232 Å². The van der Waals surface area contributed by atoms with Crippen LogP contribution in [0.3, 0.4) is 0 Å². The van der Waals surface area contributed by atoms with E-state index in [1.807, 2.05) is 0 Å². The molecule has 0 aromatic heterocycles. The lowest BCUT2D eigenvalue weighted by Crippen LogP contribution is -2.29. The molecule has 306 valence electrons. The van der Waals surface area contributed by atoms with Gasteiger partial charge in [-0.15, -0.1) is 0 Å². The molecule has 7 nitrogen and oxygen atoms in total. The molecule has 0 radical (unpaired) electrons. The van der Waals surface area contributed by atoms with Crippen molar-refractivity contribution in [2.75, 3.05) is 38.5 Å². The van der Waals surface area contributed by atoms with Gasteiger partial charge in [-0.3, -0.25) is 4.79 Å². The molecule has 0 spiro atoms. The van der Waals surface area contributed by atoms with Crippen molar-refractivity contribution in [3.8, 4) is 0 Å². The fourth-order valence-electron chi connectivity index (χ4n) is 6.96. The number of nitrogens with one attached hydrogen (secondary N) is 1. The molecular weight excluding hydrogens is 657 g/mol. The summed E-state index contributed by atoms with van der Waals surface area (Å²) in [5.41, 5.74) is 0. The summed E-state index contributed by atoms with van der Waals surface area (Å²) in [6.07, 6.45) is 36.7. The first-order valence-corrected chi connectivity index (χ1v) is 24.0. The third kappa shape index (κ3) is 37.4. The lowest BCUT2D eigenvalue weighted by molar-refractivity contribution is -0.150. The highest BCUT2D eigenvalue weighted by Crippen LogP contribution is 2.18. The molecule has 0 aromatic carbocycles. The summed E-state index contributed by atoms with van der Waals surface area (Å²) in [5.74, 6) is 0.222. The highest BCUT2D eigenvalue weighted by molar-refractivity contribution is 7.89. The summed E-state index contributed by atoms with van der Waals surface area (Å²) < 4.78 is 33.4. The highest BCUT2D eigenvalue weighted by Gasteiger charge is 2.14. The predicted molar refractivity (Wildman–Crippen MR) is 220 cm³/mol. The number of aliphatic hydroxyl groups excluding tert-OH is 1. The third-order valence-electron chi connectivity index (χ3n) is 10.3. The fraction of sp³-hybridized carbons (Fsp3) is 0.977. The van der Waals surface area contributed by atoms with Crippen LogP contribution in [0.5, 0.6) is 0 Å². The normalized spacial score (nSPS) is 12.0. The molecule has 0 fully saturated rings. The molecule has 0 aromatic rings. The van der Waals surface area contributed by atoms with Crippen molar-refractivity contribution in [3.63, 3.8) is 0 Å². The molecule has 0 atom stereocenters. The Hall–Kier alpha value is -0.700. The Balaban J connectivity index is 4.03. The zero-order chi connectivity index (χ0) is 37.5. The van der Waals surface area contributed by atoms with Crippen LogP contribution in [0.1, 0.15) is 226 Å². The standard InChI is InChI=1S/C43H88N2O5S/c1-4-7-10-13-16-17-22-29-36-44-51(48,49)41-32-25-24-31-38-45(39-40-46)37-30-23-18-21-28-35-43(47)50-42(33-26-19-14-11-8-5-2)34-27-20-15-12-9-6-3/h42,44,46H,4-41H2,1-3H3. The molecule has 0 saturated carbocycles. The van der Waals surface area contributed by atoms with Gasteiger partial charge in [0.15, 0.2) is 0 Å². The number of unbranched alkanes of at least 4 members (excludes halogenated alkanes) is 24. The number of carbonyl (C=O) groups is 1. The number of esters is 1. The van der Waals surface area contributed by atoms with Crippen molar-refractivity contribution in [2.24, 2.45) is 0 Å². The van der Waals surface area contributed by atoms with E-state index < -0.39 is 10.0 Å². The summed E-state index contributed by atoms with van der Waals surface area (Å²) >= 11 is 0. The lowest BCUT2D eigenvalue weighted by Gasteiger charge is -2.21. The Bertz CT molecular complexity index is 809. The minimum Gasteiger partial charge on any atom is -0.462 e. The van der Waals surface area contributed by atoms with Gasteiger partial charge in [0.1, 0.15) is 6.10 Å². The van der Waals surface area contributed by atoms with Gasteiger partial charge in [-0.2, -0.15) is 0 Å². The SMILES string of the molecule is CCCCCCCCCCNS(=O)(=O)CCCCCCN(CCO)CCCCCCCC(=O)OC(CCCCCCCC)CCCCCCCC. The number of carbonyl (C=O) groups excluding carboxylic acids is 1. The molecule has 0 rings (SSSR count). The van der Waals surface area contributed by atoms with Crippen LogP contribution in [0.15, 0.2) is 0 Å². The van der Waals surface area contributed by atoms with E-state index in [1.165, 1.54) is 116 Å². The van der Waals surface area contributed by atoms with Crippen molar-refractivity contribution < 1.29 is 23.1 Å². The fourth-order valence-corrected chi connectivity index (χ4v) is 8.15. The molecular formula is C43H88N2O5S. The summed E-state index contributed by atoms with van der Waals surface area (Å²) in [7, 11) is -3.16. The second-order valence-corrected chi connectivity index (χ2v) is 17.3. The van der Waals surface area contributed by atoms with Crippen LogP contribution in [-0.4, -0.2) is 69.0 Å². The Morgan fingerprint density at radius 2 is 0.961 bits per heavy atom. The summed E-state index contributed by atoms with van der Waals surface area (Å²) in [6, 6.07) is 0. The second kappa shape index (κ2) is 39.0. The summed E-state index contributed by atoms with van der Waals surface area (Å²) in [5, 5.41) is 9.54. The first kappa shape index (κ1) is 50.3. The van der Waals surface area contributed by atoms with Crippen LogP contribution >= 0.6 is 0 Å². The van der Waals surface area contributed by atoms with Gasteiger partial charge in [0.25, 0.3) is 0 Å². The Kier molecular flexibility index (Phi) is 38.5. The third-order valence-corrected chi connectivity index (χ3v) is 11.8. The van der Waals surface area contributed by atoms with Gasteiger partial charge in [-0.1, -0.05) is 162 Å². The quantitative estimate of drug-likeness (QED) is 0.0477. The molecule has 0 unspecified atom stereocenters. The van der Waals surface area contributed by atoms with Gasteiger partial charge in [0.2, 0.25) is 10.0 Å². The Morgan fingerprint density at radius 3 is 1.45 bits per heavy atom. The van der Waals surface area contributed by atoms with Crippen molar-refractivity contribution >= 4 is 16.0 Å². The largest absolute Gasteiger partial charge is 0.462 e. The number of aliphatic hydroxyl groups is 1. The van der Waals surface area contributed by atoms with Crippen molar-refractivity contribution in [1.82, 2.24) is 9.62 Å². The number of hydrogen-bond acceptors (Lipinski definition) is 6. The number of rotatable bonds is 42. The van der Waals surface area contributed by atoms with Gasteiger partial charge in [0.05, 0.1) is 12.4 Å². The average molecular weight is 745 g/mol. The minimum atomic E-state index is -3.16. The minimum absolute atomic E-state index is 0.00116. The molecule has 0 aliphatic carbocycles. The van der Waals surface area contributed by atoms with E-state index >= 15 is 0 Å². The van der Waals surface area contributed by atoms with E-state index in [4.69, 9.17) is 4.74 Å². The summed E-state index contributed by atoms with van der Waals surface area (Å²) in [4.78, 5) is 15.0. The monoisotopic (exact) mass is 745 g/mol. The van der Waals surface area contributed by atoms with E-state index in [-0.39, 0.29) is 24.4 Å². The van der Waals surface area contributed by atoms with E-state index in [0.717, 1.165) is 90.1 Å². The number of ether oxygens (including phenoxy) is 1. The molecule has 0 heterocycles. The van der Waals surface area contributed by atoms with Crippen LogP contribution in [0.2, 0.25) is 0 Å². The van der Waals surface area contributed by atoms with Gasteiger partial charge < -0.3 is 14.7 Å². The van der Waals surface area contributed by atoms with E-state index in [1.54, 1.807) is 0 Å². The number of hydrogen-bond donors (Lipinski definition) is 2. The van der Waals surface area contributed by atoms with Crippen LogP contribution in [-0.2, 0) is 19.6 Å². The highest BCUT2D eigenvalue weighted by atomic mass is 32.2. The first-order valence-electron chi connectivity index (χ1n) is 22.4. The maximum Gasteiger partial charge on any atom is 0.306 e. The van der Waals surface area contributed by atoms with Gasteiger partial charge in [-0.05, 0) is 70.9 Å². The Labute approximate surface area is 318 Å². The topological polar surface area (TPSA) is 95.9 Å². The predicted octanol–water partition coefficient (Wildman–Crippen LogP) is 11.7. The van der Waals surface area contributed by atoms with E-state index in [2.05, 4.69) is 30.4 Å². The lowest BCUT2D eigenvalue weighted by atomic mass is 10.0. The Morgan fingerprint density at radius 1 is 0.549 bits per heavy atom. The van der Waals surface area contributed by atoms with E-state index in [0.29, 0.717) is 25.9 Å². The molecule has 0 amide bonds. The molecule has 0 saturated heterocycles. The smallest absolute Gasteiger partial charge is 0.306 e. The van der Waals surface area contributed by atoms with Crippen molar-refractivity contribution in [1.29, 1.82) is 0 Å². The molecule has 2 N–H and O–H groups in total. The zero-order valence-corrected chi connectivity index (χ0v) is 35.2. The second-order valence-electron chi connectivity index (χ2n) is 15.4. The van der Waals surface area contributed by atoms with Gasteiger partial charge in [-0.25, -0.2) is 13.1 Å². The maximum absolute atomic E-state index is 12.7. The zero-order valence-electron chi connectivity index (χ0n) is 34.4. The molecule has 8 heteroatoms. The first-order chi connectivity index (χ1) is 24.9. The average Bonchev–Trinajstić information content (AvgIpc) is 3.11. The van der Waals surface area contributed by atoms with Crippen LogP contribution in [0.25, 0.3) is 0 Å². The van der Waals surface area contributed by atoms with Crippen molar-refractivity contribution in [3.05, 3.63) is 0 Å². The molecule has 51 heavy (non-hydrogen) atoms. The number of nitrogens with zero attached hydrogens (tertiary/aromatic N) is 1. The molecule has 0 aliphatic rings. The van der Waals surface area contributed by atoms with E-state index in [9.17, 15) is 18.3 Å². The van der Waals surface area contributed by atoms with Crippen LogP contribution in [0.4, 0.5) is 0 Å². The molecule has 0 bridgehead atoms. The maximum atomic E-state index is 12.7. The summed E-state index contributed by atoms with van der Waals surface area (Å²) in [6.45, 7) is 10.1. The van der Waals surface area contributed by atoms with Crippen LogP contribution in [0, 0.1) is 0 Å². The number of sulfonamides is 1. The van der Waals surface area contributed by atoms with Gasteiger partial charge in [0, 0.05) is 19.5 Å². The molecule has 0 aliphatic heterocycles. The van der Waals surface area contributed by atoms with Gasteiger partial charge >= 0.3 is 5.97 Å². The van der Waals surface area contributed by atoms with Crippen LogP contribution < -0.4 is 4.72 Å².